The minimum absolute atomic E-state index is 0.275. The van der Waals surface area contributed by atoms with Crippen LogP contribution in [0.15, 0.2) is 0 Å². The molecule has 0 amide bonds. The van der Waals surface area contributed by atoms with Gasteiger partial charge in [0.15, 0.2) is 0 Å². The number of nitrogens with two attached hydrogens (primary N) is 1. The first-order chi connectivity index (χ1) is 7.04. The molecule has 15 heavy (non-hydrogen) atoms. The van der Waals surface area contributed by atoms with E-state index in [1.54, 1.807) is 0 Å². The first-order valence-corrected chi connectivity index (χ1v) is 6.50. The molecule has 0 aromatic carbocycles. The molecule has 0 radical (unpaired) electrons. The van der Waals surface area contributed by atoms with E-state index in [9.17, 15) is 0 Å². The van der Waals surface area contributed by atoms with Gasteiger partial charge in [0.05, 0.1) is 11.0 Å². The molecule has 1 atom stereocenters. The first kappa shape index (κ1) is 14.8. The average Bonchev–Trinajstić information content (AvgIpc) is 2.16. The molecule has 0 bridgehead atoms. The van der Waals surface area contributed by atoms with Crippen LogP contribution in [0.5, 0.6) is 0 Å². The third-order valence-electron chi connectivity index (χ3n) is 2.80. The molecule has 2 N–H and O–H groups in total. The fourth-order valence-electron chi connectivity index (χ4n) is 1.92. The zero-order valence-electron chi connectivity index (χ0n) is 10.6. The van der Waals surface area contributed by atoms with Crippen LogP contribution in [0.2, 0.25) is 0 Å². The molecule has 0 aromatic heterocycles. The minimum atomic E-state index is 0.275. The van der Waals surface area contributed by atoms with Gasteiger partial charge in [-0.1, -0.05) is 38.9 Å². The quantitative estimate of drug-likeness (QED) is 0.513. The molecule has 0 saturated heterocycles. The lowest BCUT2D eigenvalue weighted by Crippen LogP contribution is -2.47. The van der Waals surface area contributed by atoms with Crippen molar-refractivity contribution in [1.29, 1.82) is 0 Å². The monoisotopic (exact) mass is 230 g/mol. The standard InChI is InChI=1S/C12H26N2S/c1-5-7-8-9-14(10(3)4)11(6-2)12(13)15/h10-11H,5-9H2,1-4H3,(H2,13,15). The maximum Gasteiger partial charge on any atom is 0.0902 e. The Morgan fingerprint density at radius 1 is 1.27 bits per heavy atom. The summed E-state index contributed by atoms with van der Waals surface area (Å²) in [5.74, 6) is 0. The van der Waals surface area contributed by atoms with E-state index >= 15 is 0 Å². The highest BCUT2D eigenvalue weighted by Crippen LogP contribution is 2.11. The Morgan fingerprint density at radius 2 is 1.87 bits per heavy atom. The molecule has 0 saturated carbocycles. The molecule has 0 aliphatic rings. The molecule has 0 fully saturated rings. The maximum atomic E-state index is 5.78. The Bertz CT molecular complexity index is 180. The van der Waals surface area contributed by atoms with Gasteiger partial charge in [0.1, 0.15) is 0 Å². The summed E-state index contributed by atoms with van der Waals surface area (Å²) in [4.78, 5) is 3.07. The molecular formula is C12H26N2S. The SMILES string of the molecule is CCCCCN(C(C)C)C(CC)C(N)=S. The van der Waals surface area contributed by atoms with Crippen molar-refractivity contribution in [3.8, 4) is 0 Å². The molecule has 0 rings (SSSR count). The van der Waals surface area contributed by atoms with E-state index in [-0.39, 0.29) is 6.04 Å². The van der Waals surface area contributed by atoms with Crippen molar-refractivity contribution in [2.24, 2.45) is 5.73 Å². The smallest absolute Gasteiger partial charge is 0.0902 e. The molecule has 0 aromatic rings. The van der Waals surface area contributed by atoms with Crippen LogP contribution < -0.4 is 5.73 Å². The van der Waals surface area contributed by atoms with Crippen LogP contribution in [0, 0.1) is 0 Å². The van der Waals surface area contributed by atoms with E-state index in [1.807, 2.05) is 0 Å². The van der Waals surface area contributed by atoms with Crippen LogP contribution in [0.1, 0.15) is 53.4 Å². The molecule has 0 heterocycles. The van der Waals surface area contributed by atoms with Crippen LogP contribution in [0.4, 0.5) is 0 Å². The van der Waals surface area contributed by atoms with Gasteiger partial charge in [-0.15, -0.1) is 0 Å². The Morgan fingerprint density at radius 3 is 2.20 bits per heavy atom. The number of thiocarbonyl (C=S) groups is 1. The fourth-order valence-corrected chi connectivity index (χ4v) is 2.22. The first-order valence-electron chi connectivity index (χ1n) is 6.09. The van der Waals surface area contributed by atoms with Gasteiger partial charge in [-0.25, -0.2) is 0 Å². The highest BCUT2D eigenvalue weighted by Gasteiger charge is 2.21. The van der Waals surface area contributed by atoms with Crippen molar-refractivity contribution in [1.82, 2.24) is 4.90 Å². The summed E-state index contributed by atoms with van der Waals surface area (Å²) in [6.45, 7) is 9.92. The summed E-state index contributed by atoms with van der Waals surface area (Å²) in [5.41, 5.74) is 5.78. The topological polar surface area (TPSA) is 29.3 Å². The predicted molar refractivity (Wildman–Crippen MR) is 72.2 cm³/mol. The van der Waals surface area contributed by atoms with Gasteiger partial charge in [0, 0.05) is 6.04 Å². The van der Waals surface area contributed by atoms with E-state index in [0.29, 0.717) is 11.0 Å². The minimum Gasteiger partial charge on any atom is -0.392 e. The van der Waals surface area contributed by atoms with Crippen LogP contribution >= 0.6 is 12.2 Å². The third-order valence-corrected chi connectivity index (χ3v) is 3.07. The summed E-state index contributed by atoms with van der Waals surface area (Å²) in [7, 11) is 0. The molecule has 3 heteroatoms. The van der Waals surface area contributed by atoms with Gasteiger partial charge in [-0.2, -0.15) is 0 Å². The Labute approximate surface area is 100 Å². The van der Waals surface area contributed by atoms with Gasteiger partial charge in [-0.05, 0) is 33.2 Å². The molecule has 1 unspecified atom stereocenters. The molecule has 90 valence electrons. The summed E-state index contributed by atoms with van der Waals surface area (Å²) >= 11 is 5.13. The summed E-state index contributed by atoms with van der Waals surface area (Å²) in [5, 5.41) is 0. The average molecular weight is 230 g/mol. The second kappa shape index (κ2) is 8.05. The van der Waals surface area contributed by atoms with Crippen LogP contribution in [0.3, 0.4) is 0 Å². The summed E-state index contributed by atoms with van der Waals surface area (Å²) < 4.78 is 0. The van der Waals surface area contributed by atoms with Gasteiger partial charge in [-0.3, -0.25) is 4.90 Å². The summed E-state index contributed by atoms with van der Waals surface area (Å²) in [6, 6.07) is 0.796. The molecule has 0 spiro atoms. The van der Waals surface area contributed by atoms with Crippen molar-refractivity contribution in [2.45, 2.75) is 65.5 Å². The number of rotatable bonds is 8. The Kier molecular flexibility index (Phi) is 7.97. The summed E-state index contributed by atoms with van der Waals surface area (Å²) in [6.07, 6.45) is 4.81. The maximum absolute atomic E-state index is 5.78. The van der Waals surface area contributed by atoms with Gasteiger partial charge >= 0.3 is 0 Å². The van der Waals surface area contributed by atoms with Crippen molar-refractivity contribution in [3.05, 3.63) is 0 Å². The number of nitrogens with zero attached hydrogens (tertiary/aromatic N) is 1. The highest BCUT2D eigenvalue weighted by atomic mass is 32.1. The van der Waals surface area contributed by atoms with Crippen molar-refractivity contribution < 1.29 is 0 Å². The fraction of sp³-hybridized carbons (Fsp3) is 0.917. The number of hydrogen-bond donors (Lipinski definition) is 1. The Balaban J connectivity index is 4.28. The lowest BCUT2D eigenvalue weighted by atomic mass is 10.1. The second-order valence-corrected chi connectivity index (χ2v) is 4.84. The Hall–Kier alpha value is -0.150. The highest BCUT2D eigenvalue weighted by molar-refractivity contribution is 7.80. The largest absolute Gasteiger partial charge is 0.392 e. The van der Waals surface area contributed by atoms with Crippen molar-refractivity contribution in [3.63, 3.8) is 0 Å². The van der Waals surface area contributed by atoms with E-state index in [4.69, 9.17) is 18.0 Å². The molecular weight excluding hydrogens is 204 g/mol. The van der Waals surface area contributed by atoms with Crippen molar-refractivity contribution in [2.75, 3.05) is 6.54 Å². The zero-order valence-corrected chi connectivity index (χ0v) is 11.4. The lowest BCUT2D eigenvalue weighted by molar-refractivity contribution is 0.186. The van der Waals surface area contributed by atoms with Gasteiger partial charge in [0.25, 0.3) is 0 Å². The normalized spacial score (nSPS) is 13.5. The third kappa shape index (κ3) is 5.47. The zero-order chi connectivity index (χ0) is 11.8. The van der Waals surface area contributed by atoms with Crippen LogP contribution in [-0.4, -0.2) is 28.5 Å². The second-order valence-electron chi connectivity index (χ2n) is 4.37. The van der Waals surface area contributed by atoms with Gasteiger partial charge in [0.2, 0.25) is 0 Å². The lowest BCUT2D eigenvalue weighted by Gasteiger charge is -2.33. The van der Waals surface area contributed by atoms with Crippen molar-refractivity contribution >= 4 is 17.2 Å². The number of unbranched alkanes of at least 4 members (excludes halogenated alkanes) is 2. The predicted octanol–water partition coefficient (Wildman–Crippen LogP) is 2.95. The van der Waals surface area contributed by atoms with E-state index < -0.39 is 0 Å². The van der Waals surface area contributed by atoms with Crippen LogP contribution in [0.25, 0.3) is 0 Å². The van der Waals surface area contributed by atoms with E-state index in [2.05, 4.69) is 32.6 Å². The molecule has 2 nitrogen and oxygen atoms in total. The van der Waals surface area contributed by atoms with E-state index in [1.165, 1.54) is 19.3 Å². The van der Waals surface area contributed by atoms with E-state index in [0.717, 1.165) is 13.0 Å². The van der Waals surface area contributed by atoms with Gasteiger partial charge < -0.3 is 5.73 Å². The number of hydrogen-bond acceptors (Lipinski definition) is 2. The van der Waals surface area contributed by atoms with Crippen LogP contribution in [-0.2, 0) is 0 Å². The molecule has 0 aliphatic heterocycles. The molecule has 0 aliphatic carbocycles.